The van der Waals surface area contributed by atoms with E-state index >= 15 is 0 Å². The Balaban J connectivity index is 1.63. The van der Waals surface area contributed by atoms with Crippen LogP contribution in [0.2, 0.25) is 0 Å². The van der Waals surface area contributed by atoms with Crippen LogP contribution in [-0.2, 0) is 4.79 Å². The monoisotopic (exact) mass is 314 g/mol. The number of anilines is 2. The van der Waals surface area contributed by atoms with Crippen LogP contribution in [0.3, 0.4) is 0 Å². The summed E-state index contributed by atoms with van der Waals surface area (Å²) in [6.07, 6.45) is 3.44. The Morgan fingerprint density at radius 2 is 1.95 bits per heavy atom. The number of carbonyl (C=O) groups is 2. The molecule has 1 aromatic carbocycles. The predicted molar refractivity (Wildman–Crippen MR) is 85.1 cm³/mol. The third-order valence-corrected chi connectivity index (χ3v) is 3.85. The van der Waals surface area contributed by atoms with E-state index in [4.69, 9.17) is 0 Å². The van der Waals surface area contributed by atoms with Crippen LogP contribution in [0.25, 0.3) is 0 Å². The van der Waals surface area contributed by atoms with E-state index in [0.29, 0.717) is 22.3 Å². The molecular weight excluding hydrogens is 300 g/mol. The van der Waals surface area contributed by atoms with Crippen molar-refractivity contribution in [1.29, 1.82) is 0 Å². The Labute approximate surface area is 131 Å². The molecule has 1 aliphatic rings. The minimum Gasteiger partial charge on any atom is -0.323 e. The number of hydrogen-bond donors (Lipinski definition) is 2. The molecule has 0 atom stereocenters. The normalized spacial score (nSPS) is 13.5. The molecule has 0 aliphatic heterocycles. The van der Waals surface area contributed by atoms with E-state index in [-0.39, 0.29) is 11.8 Å². The van der Waals surface area contributed by atoms with Gasteiger partial charge in [-0.3, -0.25) is 14.9 Å². The first-order chi connectivity index (χ1) is 10.7. The van der Waals surface area contributed by atoms with E-state index < -0.39 is 0 Å². The molecule has 6 nitrogen and oxygen atoms in total. The minimum atomic E-state index is -0.293. The molecular formula is C15H14N4O2S. The summed E-state index contributed by atoms with van der Waals surface area (Å²) < 4.78 is 4.24. The summed E-state index contributed by atoms with van der Waals surface area (Å²) in [6.45, 7) is 3.38. The highest BCUT2D eigenvalue weighted by atomic mass is 32.1. The Kier molecular flexibility index (Phi) is 3.97. The van der Waals surface area contributed by atoms with Crippen molar-refractivity contribution in [2.45, 2.75) is 18.8 Å². The molecule has 22 heavy (non-hydrogen) atoms. The van der Waals surface area contributed by atoms with Crippen molar-refractivity contribution >= 4 is 34.2 Å². The summed E-state index contributed by atoms with van der Waals surface area (Å²) in [5.74, 6) is 0.746. The quantitative estimate of drug-likeness (QED) is 0.831. The molecule has 1 aromatic heterocycles. The Morgan fingerprint density at radius 1 is 1.23 bits per heavy atom. The third kappa shape index (κ3) is 3.37. The van der Waals surface area contributed by atoms with Crippen molar-refractivity contribution in [3.05, 3.63) is 48.3 Å². The maximum atomic E-state index is 12.1. The van der Waals surface area contributed by atoms with Crippen LogP contribution in [0.15, 0.2) is 36.9 Å². The molecule has 1 heterocycles. The lowest BCUT2D eigenvalue weighted by Gasteiger charge is -2.04. The number of nitrogens with zero attached hydrogens (tertiary/aromatic N) is 2. The zero-order valence-corrected chi connectivity index (χ0v) is 12.5. The first kappa shape index (κ1) is 14.4. The fraction of sp³-hybridized carbons (Fsp3) is 0.200. The number of hydrogen-bond acceptors (Lipinski definition) is 5. The summed E-state index contributed by atoms with van der Waals surface area (Å²) in [4.78, 5) is 27.6. The number of amides is 2. The molecule has 1 fully saturated rings. The van der Waals surface area contributed by atoms with Gasteiger partial charge in [-0.2, -0.15) is 4.37 Å². The SMILES string of the molecule is C=CC(=O)Nc1ccc(C(=O)Nc2nc(C3CC3)ns2)cc1. The van der Waals surface area contributed by atoms with Crippen LogP contribution in [0.4, 0.5) is 10.8 Å². The first-order valence-electron chi connectivity index (χ1n) is 6.84. The molecule has 1 saturated carbocycles. The van der Waals surface area contributed by atoms with Crippen LogP contribution >= 0.6 is 11.5 Å². The lowest BCUT2D eigenvalue weighted by atomic mass is 10.2. The average molecular weight is 314 g/mol. The summed E-state index contributed by atoms with van der Waals surface area (Å²) in [5, 5.41) is 5.87. The maximum absolute atomic E-state index is 12.1. The van der Waals surface area contributed by atoms with Crippen LogP contribution < -0.4 is 10.6 Å². The van der Waals surface area contributed by atoms with Crippen LogP contribution in [0, 0.1) is 0 Å². The second-order valence-corrected chi connectivity index (χ2v) is 5.71. The largest absolute Gasteiger partial charge is 0.323 e. The molecule has 7 heteroatoms. The van der Waals surface area contributed by atoms with Gasteiger partial charge < -0.3 is 5.32 Å². The lowest BCUT2D eigenvalue weighted by Crippen LogP contribution is -2.12. The molecule has 0 spiro atoms. The molecule has 0 radical (unpaired) electrons. The van der Waals surface area contributed by atoms with Crippen molar-refractivity contribution in [2.24, 2.45) is 0 Å². The number of benzene rings is 1. The summed E-state index contributed by atoms with van der Waals surface area (Å²) in [5.41, 5.74) is 1.09. The van der Waals surface area contributed by atoms with E-state index in [9.17, 15) is 9.59 Å². The highest BCUT2D eigenvalue weighted by Gasteiger charge is 2.28. The van der Waals surface area contributed by atoms with Gasteiger partial charge in [0.25, 0.3) is 5.91 Å². The Bertz CT molecular complexity index is 719. The molecule has 0 bridgehead atoms. The lowest BCUT2D eigenvalue weighted by molar-refractivity contribution is -0.111. The molecule has 2 amide bonds. The van der Waals surface area contributed by atoms with Gasteiger partial charge in [0, 0.05) is 28.7 Å². The Morgan fingerprint density at radius 3 is 2.59 bits per heavy atom. The molecule has 2 N–H and O–H groups in total. The highest BCUT2D eigenvalue weighted by Crippen LogP contribution is 2.39. The smallest absolute Gasteiger partial charge is 0.257 e. The van der Waals surface area contributed by atoms with Crippen LogP contribution in [0.1, 0.15) is 34.9 Å². The van der Waals surface area contributed by atoms with Gasteiger partial charge in [0.1, 0.15) is 5.82 Å². The summed E-state index contributed by atoms with van der Waals surface area (Å²) in [7, 11) is 0. The zero-order valence-electron chi connectivity index (χ0n) is 11.7. The number of carbonyl (C=O) groups excluding carboxylic acids is 2. The molecule has 0 unspecified atom stereocenters. The van der Waals surface area contributed by atoms with Gasteiger partial charge >= 0.3 is 0 Å². The molecule has 0 saturated heterocycles. The minimum absolute atomic E-state index is 0.250. The topological polar surface area (TPSA) is 84.0 Å². The maximum Gasteiger partial charge on any atom is 0.257 e. The van der Waals surface area contributed by atoms with Crippen molar-refractivity contribution in [3.63, 3.8) is 0 Å². The van der Waals surface area contributed by atoms with E-state index in [1.807, 2.05) is 0 Å². The second-order valence-electron chi connectivity index (χ2n) is 4.96. The van der Waals surface area contributed by atoms with Crippen molar-refractivity contribution in [3.8, 4) is 0 Å². The molecule has 3 rings (SSSR count). The van der Waals surface area contributed by atoms with Gasteiger partial charge in [-0.1, -0.05) is 6.58 Å². The van der Waals surface area contributed by atoms with Crippen molar-refractivity contribution in [2.75, 3.05) is 10.6 Å². The van der Waals surface area contributed by atoms with Crippen LogP contribution in [-0.4, -0.2) is 21.2 Å². The van der Waals surface area contributed by atoms with E-state index in [0.717, 1.165) is 18.7 Å². The van der Waals surface area contributed by atoms with Gasteiger partial charge in [0.05, 0.1) is 0 Å². The standard InChI is InChI=1S/C15H14N4O2S/c1-2-12(20)16-11-7-5-10(6-8-11)14(21)18-15-17-13(19-22-15)9-3-4-9/h2,5-9H,1,3-4H2,(H,16,20)(H,17,18,19,21). The van der Waals surface area contributed by atoms with Crippen molar-refractivity contribution in [1.82, 2.24) is 9.36 Å². The fourth-order valence-electron chi connectivity index (χ4n) is 1.86. The molecule has 2 aromatic rings. The summed E-state index contributed by atoms with van der Waals surface area (Å²) >= 11 is 1.19. The zero-order chi connectivity index (χ0) is 15.5. The first-order valence-corrected chi connectivity index (χ1v) is 7.61. The predicted octanol–water partition coefficient (Wildman–Crippen LogP) is 2.79. The Hall–Kier alpha value is -2.54. The summed E-state index contributed by atoms with van der Waals surface area (Å²) in [6, 6.07) is 6.59. The van der Waals surface area contributed by atoms with Gasteiger partial charge in [-0.15, -0.1) is 0 Å². The average Bonchev–Trinajstić information content (AvgIpc) is 3.28. The van der Waals surface area contributed by atoms with E-state index in [1.165, 1.54) is 17.6 Å². The van der Waals surface area contributed by atoms with Gasteiger partial charge in [-0.25, -0.2) is 4.98 Å². The van der Waals surface area contributed by atoms with E-state index in [1.54, 1.807) is 24.3 Å². The van der Waals surface area contributed by atoms with Crippen molar-refractivity contribution < 1.29 is 9.59 Å². The molecule has 1 aliphatic carbocycles. The fourth-order valence-corrected chi connectivity index (χ4v) is 2.50. The van der Waals surface area contributed by atoms with E-state index in [2.05, 4.69) is 26.6 Å². The highest BCUT2D eigenvalue weighted by molar-refractivity contribution is 7.09. The second kappa shape index (κ2) is 6.07. The van der Waals surface area contributed by atoms with Gasteiger partial charge in [-0.05, 0) is 43.2 Å². The third-order valence-electron chi connectivity index (χ3n) is 3.20. The van der Waals surface area contributed by atoms with Crippen LogP contribution in [0.5, 0.6) is 0 Å². The van der Waals surface area contributed by atoms with Gasteiger partial charge in [0.15, 0.2) is 0 Å². The van der Waals surface area contributed by atoms with Gasteiger partial charge in [0.2, 0.25) is 11.0 Å². The number of rotatable bonds is 5. The number of nitrogens with one attached hydrogen (secondary N) is 2. The number of aromatic nitrogens is 2. The molecule has 112 valence electrons.